The average molecular weight is 324 g/mol. The normalized spacial score (nSPS) is 12.3. The molecule has 0 aliphatic heterocycles. The Labute approximate surface area is 144 Å². The van der Waals surface area contributed by atoms with Gasteiger partial charge in [0.15, 0.2) is 0 Å². The van der Waals surface area contributed by atoms with Crippen LogP contribution >= 0.6 is 0 Å². The zero-order chi connectivity index (χ0) is 18.3. The fourth-order valence-corrected chi connectivity index (χ4v) is 2.64. The van der Waals surface area contributed by atoms with E-state index < -0.39 is 5.97 Å². The minimum atomic E-state index is -1.17. The predicted octanol–water partition coefficient (Wildman–Crippen LogP) is 4.83. The number of aliphatic hydroxyl groups excluding tert-OH is 1. The summed E-state index contributed by atoms with van der Waals surface area (Å²) in [5, 5.41) is 20.0. The van der Waals surface area contributed by atoms with Crippen LogP contribution in [0.5, 0.6) is 0 Å². The summed E-state index contributed by atoms with van der Waals surface area (Å²) < 4.78 is 0. The molecule has 0 heterocycles. The Kier molecular flexibility index (Phi) is 7.07. The smallest absolute Gasteiger partial charge is 0.339 e. The van der Waals surface area contributed by atoms with E-state index in [1.807, 2.05) is 39.0 Å². The predicted molar refractivity (Wildman–Crippen MR) is 98.7 cm³/mol. The first-order chi connectivity index (χ1) is 11.3. The molecular weight excluding hydrogens is 300 g/mol. The van der Waals surface area contributed by atoms with Gasteiger partial charge in [0, 0.05) is 6.42 Å². The third-order valence-corrected chi connectivity index (χ3v) is 3.68. The zero-order valence-electron chi connectivity index (χ0n) is 14.5. The van der Waals surface area contributed by atoms with Crippen LogP contribution in [0.4, 0.5) is 0 Å². The summed E-state index contributed by atoms with van der Waals surface area (Å²) in [4.78, 5) is 11.7. The maximum Gasteiger partial charge on any atom is 0.339 e. The maximum absolute atomic E-state index is 11.7. The van der Waals surface area contributed by atoms with Crippen LogP contribution in [0.3, 0.4) is 0 Å². The molecule has 0 aliphatic carbocycles. The minimum absolute atomic E-state index is 0.107. The number of terminal acetylenes is 1. The fraction of sp³-hybridized carbons (Fsp3) is 0.286. The number of benzene rings is 1. The molecule has 0 radical (unpaired) electrons. The molecule has 126 valence electrons. The van der Waals surface area contributed by atoms with Crippen LogP contribution in [0.1, 0.15) is 43.4 Å². The van der Waals surface area contributed by atoms with Crippen LogP contribution in [0.25, 0.3) is 5.57 Å². The highest BCUT2D eigenvalue weighted by molar-refractivity contribution is 5.92. The molecule has 0 saturated heterocycles. The van der Waals surface area contributed by atoms with Crippen molar-refractivity contribution in [3.63, 3.8) is 0 Å². The number of rotatable bonds is 7. The van der Waals surface area contributed by atoms with Gasteiger partial charge in [-0.3, -0.25) is 0 Å². The molecule has 0 saturated carbocycles. The Morgan fingerprint density at radius 3 is 2.54 bits per heavy atom. The Morgan fingerprint density at radius 2 is 2.04 bits per heavy atom. The lowest BCUT2D eigenvalue weighted by atomic mass is 9.93. The molecule has 2 N–H and O–H groups in total. The number of hydrogen-bond acceptors (Lipinski definition) is 2. The van der Waals surface area contributed by atoms with E-state index >= 15 is 0 Å². The van der Waals surface area contributed by atoms with Crippen molar-refractivity contribution in [3.05, 3.63) is 64.4 Å². The van der Waals surface area contributed by atoms with Gasteiger partial charge in [0.2, 0.25) is 0 Å². The van der Waals surface area contributed by atoms with E-state index in [1.165, 1.54) is 6.08 Å². The van der Waals surface area contributed by atoms with Crippen molar-refractivity contribution in [2.24, 2.45) is 0 Å². The Balaban J connectivity index is 3.42. The van der Waals surface area contributed by atoms with Gasteiger partial charge in [-0.1, -0.05) is 55.2 Å². The van der Waals surface area contributed by atoms with Crippen molar-refractivity contribution in [1.29, 1.82) is 0 Å². The Morgan fingerprint density at radius 1 is 1.38 bits per heavy atom. The standard InChI is InChI=1S/C21H24O3/c1-6-8-16(9-7-2)20(21(23)24)19(22)13-17-12-15(5)10-11-18(17)14(3)4/h1,8,10-12,22H,3,7,9,13H2,2,4-5H3,(H,23,24)/b16-8-,20-19-. The molecule has 0 fully saturated rings. The molecule has 1 aromatic carbocycles. The second kappa shape index (κ2) is 8.79. The third-order valence-electron chi connectivity index (χ3n) is 3.68. The number of carboxylic acids is 1. The van der Waals surface area contributed by atoms with E-state index in [0.29, 0.717) is 12.0 Å². The first kappa shape index (κ1) is 19.3. The highest BCUT2D eigenvalue weighted by Crippen LogP contribution is 2.25. The summed E-state index contributed by atoms with van der Waals surface area (Å²) >= 11 is 0. The first-order valence-corrected chi connectivity index (χ1v) is 7.88. The van der Waals surface area contributed by atoms with E-state index in [2.05, 4.69) is 12.5 Å². The highest BCUT2D eigenvalue weighted by Gasteiger charge is 2.19. The van der Waals surface area contributed by atoms with Gasteiger partial charge in [-0.05, 0) is 43.0 Å². The van der Waals surface area contributed by atoms with Crippen LogP contribution in [0.15, 0.2) is 47.8 Å². The third kappa shape index (κ3) is 4.89. The van der Waals surface area contributed by atoms with Crippen LogP contribution in [-0.2, 0) is 11.2 Å². The monoisotopic (exact) mass is 324 g/mol. The number of aliphatic carboxylic acids is 1. The van der Waals surface area contributed by atoms with E-state index in [-0.39, 0.29) is 17.8 Å². The second-order valence-electron chi connectivity index (χ2n) is 5.83. The summed E-state index contributed by atoms with van der Waals surface area (Å²) in [6.45, 7) is 9.71. The highest BCUT2D eigenvalue weighted by atomic mass is 16.4. The number of hydrogen-bond donors (Lipinski definition) is 2. The molecule has 24 heavy (non-hydrogen) atoms. The molecule has 0 bridgehead atoms. The van der Waals surface area contributed by atoms with Gasteiger partial charge >= 0.3 is 5.97 Å². The summed E-state index contributed by atoms with van der Waals surface area (Å²) in [5.41, 5.74) is 4.01. The fourth-order valence-electron chi connectivity index (χ4n) is 2.64. The number of carbonyl (C=O) groups is 1. The van der Waals surface area contributed by atoms with E-state index in [1.54, 1.807) is 0 Å². The van der Waals surface area contributed by atoms with Crippen molar-refractivity contribution in [1.82, 2.24) is 0 Å². The number of allylic oxidation sites excluding steroid dienone is 3. The molecule has 1 rings (SSSR count). The Bertz CT molecular complexity index is 743. The van der Waals surface area contributed by atoms with Gasteiger partial charge in [-0.2, -0.15) is 0 Å². The molecular formula is C21H24O3. The lowest BCUT2D eigenvalue weighted by molar-refractivity contribution is -0.132. The Hall–Kier alpha value is -2.73. The second-order valence-corrected chi connectivity index (χ2v) is 5.83. The van der Waals surface area contributed by atoms with Gasteiger partial charge in [0.1, 0.15) is 11.3 Å². The van der Waals surface area contributed by atoms with Gasteiger partial charge < -0.3 is 10.2 Å². The molecule has 0 atom stereocenters. The average Bonchev–Trinajstić information content (AvgIpc) is 2.47. The van der Waals surface area contributed by atoms with Gasteiger partial charge in [0.25, 0.3) is 0 Å². The summed E-state index contributed by atoms with van der Waals surface area (Å²) in [5.74, 6) is 0.997. The van der Waals surface area contributed by atoms with Gasteiger partial charge in [0.05, 0.1) is 0 Å². The molecule has 1 aromatic rings. The van der Waals surface area contributed by atoms with E-state index in [0.717, 1.165) is 28.7 Å². The van der Waals surface area contributed by atoms with Crippen LogP contribution in [0.2, 0.25) is 0 Å². The van der Waals surface area contributed by atoms with Crippen molar-refractivity contribution in [2.45, 2.75) is 40.0 Å². The molecule has 0 aromatic heterocycles. The topological polar surface area (TPSA) is 57.5 Å². The van der Waals surface area contributed by atoms with Gasteiger partial charge in [-0.25, -0.2) is 4.79 Å². The van der Waals surface area contributed by atoms with Crippen molar-refractivity contribution < 1.29 is 15.0 Å². The molecule has 0 unspecified atom stereocenters. The molecule has 0 spiro atoms. The largest absolute Gasteiger partial charge is 0.511 e. The SMILES string of the molecule is C#C/C=C(CCC)\C(C(=O)O)=C(\O)Cc1cc(C)ccc1C(=C)C. The minimum Gasteiger partial charge on any atom is -0.511 e. The van der Waals surface area contributed by atoms with Crippen molar-refractivity contribution in [2.75, 3.05) is 0 Å². The number of carboxylic acid groups (broad SMARTS) is 1. The van der Waals surface area contributed by atoms with Crippen LogP contribution in [-0.4, -0.2) is 16.2 Å². The lowest BCUT2D eigenvalue weighted by Crippen LogP contribution is -2.10. The lowest BCUT2D eigenvalue weighted by Gasteiger charge is -2.13. The van der Waals surface area contributed by atoms with Gasteiger partial charge in [-0.15, -0.1) is 6.42 Å². The van der Waals surface area contributed by atoms with Crippen molar-refractivity contribution >= 4 is 11.5 Å². The molecule has 3 heteroatoms. The van der Waals surface area contributed by atoms with Crippen LogP contribution in [0, 0.1) is 19.3 Å². The maximum atomic E-state index is 11.7. The summed E-state index contributed by atoms with van der Waals surface area (Å²) in [7, 11) is 0. The molecule has 3 nitrogen and oxygen atoms in total. The molecule has 0 aliphatic rings. The number of aliphatic hydroxyl groups is 1. The quantitative estimate of drug-likeness (QED) is 0.327. The summed E-state index contributed by atoms with van der Waals surface area (Å²) in [6, 6.07) is 5.84. The molecule has 0 amide bonds. The summed E-state index contributed by atoms with van der Waals surface area (Å²) in [6.07, 6.45) is 8.07. The van der Waals surface area contributed by atoms with Crippen LogP contribution < -0.4 is 0 Å². The first-order valence-electron chi connectivity index (χ1n) is 7.88. The number of aryl methyl sites for hydroxylation is 1. The van der Waals surface area contributed by atoms with Crippen molar-refractivity contribution in [3.8, 4) is 12.3 Å². The van der Waals surface area contributed by atoms with E-state index in [9.17, 15) is 15.0 Å². The zero-order valence-corrected chi connectivity index (χ0v) is 14.5. The van der Waals surface area contributed by atoms with E-state index in [4.69, 9.17) is 6.42 Å².